The molecule has 0 fully saturated rings. The normalized spacial score (nSPS) is 13.4. The maximum absolute atomic E-state index is 11.5. The number of rotatable bonds is 5. The highest BCUT2D eigenvalue weighted by Gasteiger charge is 2.22. The van der Waals surface area contributed by atoms with Crippen molar-refractivity contribution in [2.24, 2.45) is 5.41 Å². The second-order valence-corrected chi connectivity index (χ2v) is 5.09. The van der Waals surface area contributed by atoms with Gasteiger partial charge in [0.1, 0.15) is 12.7 Å². The summed E-state index contributed by atoms with van der Waals surface area (Å²) >= 11 is 0. The highest BCUT2D eigenvalue weighted by Crippen LogP contribution is 2.17. The van der Waals surface area contributed by atoms with Crippen LogP contribution in [-0.2, 0) is 11.3 Å². The van der Waals surface area contributed by atoms with Gasteiger partial charge < -0.3 is 10.4 Å². The highest BCUT2D eigenvalue weighted by molar-refractivity contribution is 5.75. The lowest BCUT2D eigenvalue weighted by atomic mass is 9.89. The summed E-state index contributed by atoms with van der Waals surface area (Å²) in [7, 11) is 0. The molecule has 1 atom stereocenters. The quantitative estimate of drug-likeness (QED) is 0.770. The van der Waals surface area contributed by atoms with Crippen molar-refractivity contribution >= 4 is 5.91 Å². The van der Waals surface area contributed by atoms with E-state index in [4.69, 9.17) is 0 Å². The van der Waals surface area contributed by atoms with Gasteiger partial charge in [-0.1, -0.05) is 20.8 Å². The molecule has 1 unspecified atom stereocenters. The Kier molecular flexibility index (Phi) is 4.62. The van der Waals surface area contributed by atoms with Gasteiger partial charge in [0.15, 0.2) is 0 Å². The van der Waals surface area contributed by atoms with Gasteiger partial charge in [-0.15, -0.1) is 0 Å². The summed E-state index contributed by atoms with van der Waals surface area (Å²) in [5.74, 6) is -0.0937. The van der Waals surface area contributed by atoms with Gasteiger partial charge in [0, 0.05) is 13.0 Å². The lowest BCUT2D eigenvalue weighted by Crippen LogP contribution is -2.39. The van der Waals surface area contributed by atoms with Crippen LogP contribution in [0.1, 0.15) is 27.2 Å². The number of hydrogen-bond donors (Lipinski definition) is 2. The van der Waals surface area contributed by atoms with E-state index in [1.165, 1.54) is 6.33 Å². The molecule has 0 bridgehead atoms. The minimum absolute atomic E-state index is 0.0937. The number of aryl methyl sites for hydroxylation is 1. The first-order chi connectivity index (χ1) is 7.89. The first kappa shape index (κ1) is 13.6. The Labute approximate surface area is 101 Å². The molecule has 0 aliphatic carbocycles. The van der Waals surface area contributed by atoms with Crippen LogP contribution in [0.3, 0.4) is 0 Å². The summed E-state index contributed by atoms with van der Waals surface area (Å²) in [5.41, 5.74) is -0.223. The smallest absolute Gasteiger partial charge is 0.221 e. The molecule has 6 heteroatoms. The van der Waals surface area contributed by atoms with Crippen LogP contribution < -0.4 is 5.32 Å². The van der Waals surface area contributed by atoms with Crippen LogP contribution in [0, 0.1) is 5.41 Å². The second-order valence-electron chi connectivity index (χ2n) is 5.09. The Morgan fingerprint density at radius 1 is 1.53 bits per heavy atom. The van der Waals surface area contributed by atoms with Crippen LogP contribution in [0.25, 0.3) is 0 Å². The lowest BCUT2D eigenvalue weighted by Gasteiger charge is -2.25. The Balaban J connectivity index is 2.22. The van der Waals surface area contributed by atoms with Gasteiger partial charge in [0.2, 0.25) is 5.91 Å². The zero-order chi connectivity index (χ0) is 12.9. The van der Waals surface area contributed by atoms with Crippen molar-refractivity contribution < 1.29 is 9.90 Å². The monoisotopic (exact) mass is 240 g/mol. The van der Waals surface area contributed by atoms with Crippen molar-refractivity contribution in [3.05, 3.63) is 12.7 Å². The number of hydrogen-bond acceptors (Lipinski definition) is 4. The number of aliphatic hydroxyl groups excluding tert-OH is 1. The summed E-state index contributed by atoms with van der Waals surface area (Å²) in [6.07, 6.45) is 2.79. The molecule has 1 aromatic rings. The number of aromatic nitrogens is 3. The van der Waals surface area contributed by atoms with Crippen molar-refractivity contribution in [2.75, 3.05) is 6.54 Å². The molecular weight excluding hydrogens is 220 g/mol. The molecule has 17 heavy (non-hydrogen) atoms. The summed E-state index contributed by atoms with van der Waals surface area (Å²) < 4.78 is 1.60. The van der Waals surface area contributed by atoms with E-state index in [-0.39, 0.29) is 17.9 Å². The first-order valence-electron chi connectivity index (χ1n) is 5.67. The minimum atomic E-state index is -0.544. The van der Waals surface area contributed by atoms with Gasteiger partial charge >= 0.3 is 0 Å². The second kappa shape index (κ2) is 5.77. The third-order valence-corrected chi connectivity index (χ3v) is 2.53. The highest BCUT2D eigenvalue weighted by atomic mass is 16.3. The number of aliphatic hydroxyl groups is 1. The molecule has 1 aromatic heterocycles. The van der Waals surface area contributed by atoms with Gasteiger partial charge in [-0.2, -0.15) is 5.10 Å². The summed E-state index contributed by atoms with van der Waals surface area (Å²) in [4.78, 5) is 15.3. The molecule has 2 N–H and O–H groups in total. The van der Waals surface area contributed by atoms with Crippen LogP contribution >= 0.6 is 0 Å². The molecule has 0 radical (unpaired) electrons. The Bertz CT molecular complexity index is 343. The fourth-order valence-electron chi connectivity index (χ4n) is 1.17. The zero-order valence-corrected chi connectivity index (χ0v) is 10.6. The van der Waals surface area contributed by atoms with E-state index in [0.717, 1.165) is 0 Å². The molecule has 6 nitrogen and oxygen atoms in total. The predicted molar refractivity (Wildman–Crippen MR) is 63.1 cm³/mol. The molecule has 0 saturated heterocycles. The van der Waals surface area contributed by atoms with E-state index in [9.17, 15) is 9.90 Å². The van der Waals surface area contributed by atoms with Crippen LogP contribution in [0.15, 0.2) is 12.7 Å². The molecule has 1 amide bonds. The fraction of sp³-hybridized carbons (Fsp3) is 0.727. The van der Waals surface area contributed by atoms with Crippen molar-refractivity contribution in [1.29, 1.82) is 0 Å². The molecule has 0 spiro atoms. The van der Waals surface area contributed by atoms with Crippen LogP contribution in [0.5, 0.6) is 0 Å². The molecule has 0 aliphatic heterocycles. The number of carbonyl (C=O) groups excluding carboxylic acids is 1. The van der Waals surface area contributed by atoms with E-state index < -0.39 is 6.10 Å². The van der Waals surface area contributed by atoms with Crippen molar-refractivity contribution in [1.82, 2.24) is 20.1 Å². The number of nitrogens with zero attached hydrogens (tertiary/aromatic N) is 3. The maximum Gasteiger partial charge on any atom is 0.221 e. The zero-order valence-electron chi connectivity index (χ0n) is 10.6. The van der Waals surface area contributed by atoms with Crippen molar-refractivity contribution in [2.45, 2.75) is 39.8 Å². The van der Waals surface area contributed by atoms with Crippen LogP contribution in [0.2, 0.25) is 0 Å². The molecule has 0 saturated carbocycles. The first-order valence-corrected chi connectivity index (χ1v) is 5.67. The van der Waals surface area contributed by atoms with E-state index in [1.807, 2.05) is 20.8 Å². The van der Waals surface area contributed by atoms with Gasteiger partial charge in [0.05, 0.1) is 12.6 Å². The topological polar surface area (TPSA) is 80.0 Å². The Morgan fingerprint density at radius 3 is 2.76 bits per heavy atom. The number of amides is 1. The van der Waals surface area contributed by atoms with Crippen molar-refractivity contribution in [3.63, 3.8) is 0 Å². The average molecular weight is 240 g/mol. The summed E-state index contributed by atoms with van der Waals surface area (Å²) in [6, 6.07) is 0. The average Bonchev–Trinajstić information content (AvgIpc) is 2.74. The third-order valence-electron chi connectivity index (χ3n) is 2.53. The standard InChI is InChI=1S/C11H20N4O2/c1-11(2,3)9(16)6-13-10(17)4-5-15-8-12-7-14-15/h7-9,16H,4-6H2,1-3H3,(H,13,17). The Morgan fingerprint density at radius 2 is 2.24 bits per heavy atom. The molecule has 96 valence electrons. The van der Waals surface area contributed by atoms with E-state index in [1.54, 1.807) is 11.0 Å². The fourth-order valence-corrected chi connectivity index (χ4v) is 1.17. The van der Waals surface area contributed by atoms with E-state index in [0.29, 0.717) is 13.0 Å². The summed E-state index contributed by atoms with van der Waals surface area (Å²) in [6.45, 7) is 6.56. The largest absolute Gasteiger partial charge is 0.391 e. The van der Waals surface area contributed by atoms with Gasteiger partial charge in [0.25, 0.3) is 0 Å². The SMILES string of the molecule is CC(C)(C)C(O)CNC(=O)CCn1cncn1. The molecular formula is C11H20N4O2. The number of carbonyl (C=O) groups is 1. The lowest BCUT2D eigenvalue weighted by molar-refractivity contribution is -0.122. The third kappa shape index (κ3) is 4.95. The van der Waals surface area contributed by atoms with Crippen LogP contribution in [-0.4, -0.2) is 38.4 Å². The minimum Gasteiger partial charge on any atom is -0.391 e. The Hall–Kier alpha value is -1.43. The predicted octanol–water partition coefficient (Wildman–Crippen LogP) is 0.191. The van der Waals surface area contributed by atoms with E-state index in [2.05, 4.69) is 15.4 Å². The van der Waals surface area contributed by atoms with Crippen LogP contribution in [0.4, 0.5) is 0 Å². The molecule has 1 rings (SSSR count). The van der Waals surface area contributed by atoms with Gasteiger partial charge in [-0.3, -0.25) is 9.48 Å². The molecule has 0 aliphatic rings. The van der Waals surface area contributed by atoms with Crippen molar-refractivity contribution in [3.8, 4) is 0 Å². The van der Waals surface area contributed by atoms with Gasteiger partial charge in [-0.05, 0) is 5.41 Å². The molecule has 1 heterocycles. The number of nitrogens with one attached hydrogen (secondary N) is 1. The molecule has 0 aromatic carbocycles. The van der Waals surface area contributed by atoms with Gasteiger partial charge in [-0.25, -0.2) is 4.98 Å². The van der Waals surface area contributed by atoms with E-state index >= 15 is 0 Å². The summed E-state index contributed by atoms with van der Waals surface area (Å²) in [5, 5.41) is 16.3. The maximum atomic E-state index is 11.5.